The molecule has 2 aromatic carbocycles. The lowest BCUT2D eigenvalue weighted by Gasteiger charge is -2.24. The fraction of sp³-hybridized carbons (Fsp3) is 0.381. The van der Waals surface area contributed by atoms with Gasteiger partial charge in [-0.2, -0.15) is 0 Å². The van der Waals surface area contributed by atoms with E-state index in [2.05, 4.69) is 85.3 Å². The average molecular weight is 356 g/mol. The summed E-state index contributed by atoms with van der Waals surface area (Å²) in [6.45, 7) is 11.4. The van der Waals surface area contributed by atoms with E-state index in [1.54, 1.807) is 0 Å². The molecule has 0 radical (unpaired) electrons. The van der Waals surface area contributed by atoms with Crippen molar-refractivity contribution in [2.24, 2.45) is 0 Å². The van der Waals surface area contributed by atoms with Crippen LogP contribution in [0.3, 0.4) is 0 Å². The van der Waals surface area contributed by atoms with Crippen LogP contribution in [0.1, 0.15) is 30.5 Å². The second-order valence-electron chi connectivity index (χ2n) is 6.44. The summed E-state index contributed by atoms with van der Waals surface area (Å²) >= 11 is 5.57. The molecule has 0 saturated carbocycles. The number of nitrogens with zero attached hydrogens (tertiary/aromatic N) is 2. The molecule has 2 aromatic rings. The number of hydrogen-bond donors (Lipinski definition) is 1. The minimum absolute atomic E-state index is 0.738. The summed E-state index contributed by atoms with van der Waals surface area (Å²) in [7, 11) is 2.03. The first-order chi connectivity index (χ1) is 11.9. The molecule has 0 aliphatic carbocycles. The summed E-state index contributed by atoms with van der Waals surface area (Å²) in [5.74, 6) is 0. The molecule has 0 aliphatic heterocycles. The lowest BCUT2D eigenvalue weighted by Crippen LogP contribution is -2.30. The highest BCUT2D eigenvalue weighted by Gasteiger charge is 2.08. The SMILES string of the molecule is CCN(CC)c1ccc(CN(C)C(=S)Nc2cc(C)ccc2C)cc1. The number of nitrogens with one attached hydrogen (secondary N) is 1. The van der Waals surface area contributed by atoms with Crippen molar-refractivity contribution < 1.29 is 0 Å². The van der Waals surface area contributed by atoms with Crippen LogP contribution in [0.25, 0.3) is 0 Å². The molecule has 0 saturated heterocycles. The number of thiocarbonyl (C=S) groups is 1. The Bertz CT molecular complexity index is 706. The maximum Gasteiger partial charge on any atom is 0.173 e. The molecular formula is C21H29N3S. The molecule has 1 N–H and O–H groups in total. The zero-order valence-corrected chi connectivity index (χ0v) is 16.8. The number of anilines is 2. The van der Waals surface area contributed by atoms with Crippen LogP contribution in [0.2, 0.25) is 0 Å². The monoisotopic (exact) mass is 355 g/mol. The van der Waals surface area contributed by atoms with Crippen molar-refractivity contribution in [3.8, 4) is 0 Å². The van der Waals surface area contributed by atoms with Gasteiger partial charge in [0.25, 0.3) is 0 Å². The Morgan fingerprint density at radius 1 is 1.00 bits per heavy atom. The van der Waals surface area contributed by atoms with Crippen molar-refractivity contribution in [3.05, 3.63) is 59.2 Å². The topological polar surface area (TPSA) is 18.5 Å². The smallest absolute Gasteiger partial charge is 0.173 e. The molecule has 0 heterocycles. The van der Waals surface area contributed by atoms with Crippen LogP contribution in [0, 0.1) is 13.8 Å². The summed E-state index contributed by atoms with van der Waals surface area (Å²) in [6, 6.07) is 15.1. The van der Waals surface area contributed by atoms with Crippen molar-refractivity contribution in [3.63, 3.8) is 0 Å². The Labute approximate surface area is 157 Å². The highest BCUT2D eigenvalue weighted by molar-refractivity contribution is 7.80. The lowest BCUT2D eigenvalue weighted by atomic mass is 10.1. The van der Waals surface area contributed by atoms with Gasteiger partial charge in [0.2, 0.25) is 0 Å². The third kappa shape index (κ3) is 5.20. The third-order valence-corrected chi connectivity index (χ3v) is 4.88. The van der Waals surface area contributed by atoms with Crippen LogP contribution >= 0.6 is 12.2 Å². The van der Waals surface area contributed by atoms with Crippen molar-refractivity contribution >= 4 is 28.7 Å². The summed E-state index contributed by atoms with van der Waals surface area (Å²) in [6.07, 6.45) is 0. The molecule has 0 atom stereocenters. The van der Waals surface area contributed by atoms with E-state index in [9.17, 15) is 0 Å². The highest BCUT2D eigenvalue weighted by Crippen LogP contribution is 2.18. The van der Waals surface area contributed by atoms with E-state index in [1.807, 2.05) is 7.05 Å². The lowest BCUT2D eigenvalue weighted by molar-refractivity contribution is 0.508. The van der Waals surface area contributed by atoms with E-state index in [4.69, 9.17) is 12.2 Å². The van der Waals surface area contributed by atoms with Crippen LogP contribution in [0.4, 0.5) is 11.4 Å². The third-order valence-electron chi connectivity index (χ3n) is 4.47. The summed E-state index contributed by atoms with van der Waals surface area (Å²) in [5.41, 5.74) is 6.03. The van der Waals surface area contributed by atoms with Crippen LogP contribution in [0.5, 0.6) is 0 Å². The zero-order valence-electron chi connectivity index (χ0n) is 16.0. The normalized spacial score (nSPS) is 10.4. The molecule has 134 valence electrons. The summed E-state index contributed by atoms with van der Waals surface area (Å²) < 4.78 is 0. The van der Waals surface area contributed by atoms with Gasteiger partial charge in [-0.15, -0.1) is 0 Å². The van der Waals surface area contributed by atoms with Gasteiger partial charge in [0.1, 0.15) is 0 Å². The molecular weight excluding hydrogens is 326 g/mol. The second kappa shape index (κ2) is 8.86. The molecule has 0 bridgehead atoms. The fourth-order valence-corrected chi connectivity index (χ4v) is 3.00. The van der Waals surface area contributed by atoms with E-state index in [1.165, 1.54) is 22.4 Å². The number of aryl methyl sites for hydroxylation is 2. The molecule has 0 spiro atoms. The van der Waals surface area contributed by atoms with Gasteiger partial charge in [0.05, 0.1) is 0 Å². The predicted molar refractivity (Wildman–Crippen MR) is 114 cm³/mol. The average Bonchev–Trinajstić information content (AvgIpc) is 2.60. The van der Waals surface area contributed by atoms with Gasteiger partial charge in [-0.3, -0.25) is 0 Å². The molecule has 25 heavy (non-hydrogen) atoms. The molecule has 3 nitrogen and oxygen atoms in total. The van der Waals surface area contributed by atoms with E-state index in [-0.39, 0.29) is 0 Å². The largest absolute Gasteiger partial charge is 0.372 e. The Morgan fingerprint density at radius 2 is 1.64 bits per heavy atom. The van der Waals surface area contributed by atoms with Crippen molar-refractivity contribution in [1.82, 2.24) is 4.90 Å². The van der Waals surface area contributed by atoms with Crippen LogP contribution in [0.15, 0.2) is 42.5 Å². The first-order valence-electron chi connectivity index (χ1n) is 8.87. The van der Waals surface area contributed by atoms with Crippen molar-refractivity contribution in [2.75, 3.05) is 30.4 Å². The van der Waals surface area contributed by atoms with E-state index in [0.29, 0.717) is 0 Å². The standard InChI is InChI=1S/C21H29N3S/c1-6-24(7-2)19-12-10-18(11-13-19)15-23(5)21(25)22-20-14-16(3)8-9-17(20)4/h8-14H,6-7,15H2,1-5H3,(H,22,25). The van der Waals surface area contributed by atoms with Crippen LogP contribution < -0.4 is 10.2 Å². The van der Waals surface area contributed by atoms with E-state index >= 15 is 0 Å². The molecule has 0 aliphatic rings. The van der Waals surface area contributed by atoms with Gasteiger partial charge in [0.15, 0.2) is 5.11 Å². The first-order valence-corrected chi connectivity index (χ1v) is 9.28. The van der Waals surface area contributed by atoms with Gasteiger partial charge < -0.3 is 15.1 Å². The van der Waals surface area contributed by atoms with Gasteiger partial charge >= 0.3 is 0 Å². The molecule has 4 heteroatoms. The van der Waals surface area contributed by atoms with Crippen LogP contribution in [-0.2, 0) is 6.54 Å². The Morgan fingerprint density at radius 3 is 2.24 bits per heavy atom. The molecule has 0 fully saturated rings. The number of hydrogen-bond acceptors (Lipinski definition) is 2. The van der Waals surface area contributed by atoms with Gasteiger partial charge in [-0.1, -0.05) is 24.3 Å². The predicted octanol–water partition coefficient (Wildman–Crippen LogP) is 4.98. The molecule has 2 rings (SSSR count). The fourth-order valence-electron chi connectivity index (χ4n) is 2.83. The van der Waals surface area contributed by atoms with E-state index < -0.39 is 0 Å². The molecule has 0 amide bonds. The second-order valence-corrected chi connectivity index (χ2v) is 6.83. The van der Waals surface area contributed by atoms with Gasteiger partial charge in [0, 0.05) is 38.1 Å². The maximum atomic E-state index is 5.57. The number of benzene rings is 2. The van der Waals surface area contributed by atoms with E-state index in [0.717, 1.165) is 30.4 Å². The summed E-state index contributed by atoms with van der Waals surface area (Å²) in [4.78, 5) is 4.42. The Kier molecular flexibility index (Phi) is 6.82. The first kappa shape index (κ1) is 19.3. The summed E-state index contributed by atoms with van der Waals surface area (Å²) in [5, 5.41) is 4.11. The van der Waals surface area contributed by atoms with Crippen molar-refractivity contribution in [1.29, 1.82) is 0 Å². The Balaban J connectivity index is 2.00. The highest BCUT2D eigenvalue weighted by atomic mass is 32.1. The van der Waals surface area contributed by atoms with Gasteiger partial charge in [-0.05, 0) is 74.8 Å². The quantitative estimate of drug-likeness (QED) is 0.736. The zero-order chi connectivity index (χ0) is 18.4. The molecule has 0 aromatic heterocycles. The molecule has 0 unspecified atom stereocenters. The van der Waals surface area contributed by atoms with Crippen LogP contribution in [-0.4, -0.2) is 30.1 Å². The number of rotatable bonds is 6. The minimum Gasteiger partial charge on any atom is -0.372 e. The van der Waals surface area contributed by atoms with Crippen molar-refractivity contribution in [2.45, 2.75) is 34.2 Å². The van der Waals surface area contributed by atoms with Gasteiger partial charge in [-0.25, -0.2) is 0 Å². The Hall–Kier alpha value is -2.07. The minimum atomic E-state index is 0.738. The maximum absolute atomic E-state index is 5.57.